The van der Waals surface area contributed by atoms with Crippen LogP contribution in [0.15, 0.2) is 6.07 Å². The van der Waals surface area contributed by atoms with E-state index in [1.807, 2.05) is 0 Å². The van der Waals surface area contributed by atoms with Crippen LogP contribution in [0.4, 0.5) is 0 Å². The molecule has 2 N–H and O–H groups in total. The van der Waals surface area contributed by atoms with E-state index < -0.39 is 11.9 Å². The fraction of sp³-hybridized carbons (Fsp3) is 0.125. The normalized spacial score (nSPS) is 10.4. The van der Waals surface area contributed by atoms with Crippen molar-refractivity contribution in [3.8, 4) is 11.4 Å². The Balaban J connectivity index is 2.64. The van der Waals surface area contributed by atoms with Crippen molar-refractivity contribution in [1.82, 2.24) is 20.2 Å². The van der Waals surface area contributed by atoms with Crippen LogP contribution < -0.4 is 0 Å². The van der Waals surface area contributed by atoms with Crippen molar-refractivity contribution in [1.29, 1.82) is 0 Å². The fourth-order valence-corrected chi connectivity index (χ4v) is 2.11. The summed E-state index contributed by atoms with van der Waals surface area (Å²) in [6.45, 7) is 0. The van der Waals surface area contributed by atoms with Crippen molar-refractivity contribution in [2.24, 2.45) is 7.05 Å². The lowest BCUT2D eigenvalue weighted by Crippen LogP contribution is -1.99. The molecule has 0 bridgehead atoms. The SMILES string of the molecule is Cn1nnnc1-c1cc(C(=O)O)sc1C(=O)O. The van der Waals surface area contributed by atoms with Gasteiger partial charge in [-0.1, -0.05) is 0 Å². The largest absolute Gasteiger partial charge is 0.477 e. The minimum Gasteiger partial charge on any atom is -0.477 e. The van der Waals surface area contributed by atoms with Gasteiger partial charge in [-0.25, -0.2) is 14.3 Å². The average Bonchev–Trinajstić information content (AvgIpc) is 2.82. The van der Waals surface area contributed by atoms with Crippen molar-refractivity contribution in [3.63, 3.8) is 0 Å². The molecule has 0 aliphatic carbocycles. The monoisotopic (exact) mass is 254 g/mol. The van der Waals surface area contributed by atoms with Crippen LogP contribution in [0.5, 0.6) is 0 Å². The van der Waals surface area contributed by atoms with Crippen LogP contribution in [0.1, 0.15) is 19.3 Å². The Kier molecular flexibility index (Phi) is 2.60. The summed E-state index contributed by atoms with van der Waals surface area (Å²) in [7, 11) is 1.54. The highest BCUT2D eigenvalue weighted by Crippen LogP contribution is 2.29. The van der Waals surface area contributed by atoms with Gasteiger partial charge in [-0.15, -0.1) is 16.4 Å². The number of hydrogen-bond acceptors (Lipinski definition) is 6. The molecule has 2 aromatic rings. The Bertz CT molecular complexity index is 602. The molecule has 88 valence electrons. The van der Waals surface area contributed by atoms with E-state index in [4.69, 9.17) is 10.2 Å². The van der Waals surface area contributed by atoms with Crippen LogP contribution in [-0.2, 0) is 7.05 Å². The highest BCUT2D eigenvalue weighted by atomic mass is 32.1. The van der Waals surface area contributed by atoms with Gasteiger partial charge in [0.1, 0.15) is 9.75 Å². The molecule has 8 nitrogen and oxygen atoms in total. The lowest BCUT2D eigenvalue weighted by atomic mass is 10.2. The third-order valence-corrected chi connectivity index (χ3v) is 3.11. The number of thiophene rings is 1. The molecule has 0 amide bonds. The van der Waals surface area contributed by atoms with Gasteiger partial charge in [-0.2, -0.15) is 0 Å². The zero-order valence-corrected chi connectivity index (χ0v) is 9.30. The number of aromatic nitrogens is 4. The quantitative estimate of drug-likeness (QED) is 0.810. The topological polar surface area (TPSA) is 118 Å². The number of carbonyl (C=O) groups is 2. The zero-order valence-electron chi connectivity index (χ0n) is 8.49. The van der Waals surface area contributed by atoms with E-state index >= 15 is 0 Å². The maximum Gasteiger partial charge on any atom is 0.346 e. The van der Waals surface area contributed by atoms with E-state index in [1.165, 1.54) is 10.7 Å². The van der Waals surface area contributed by atoms with E-state index in [0.29, 0.717) is 11.3 Å². The second-order valence-electron chi connectivity index (χ2n) is 3.09. The molecule has 2 aromatic heterocycles. The molecule has 0 saturated carbocycles. The summed E-state index contributed by atoms with van der Waals surface area (Å²) in [5, 5.41) is 28.4. The predicted octanol–water partition coefficient (Wildman–Crippen LogP) is 0.335. The average molecular weight is 254 g/mol. The zero-order chi connectivity index (χ0) is 12.6. The van der Waals surface area contributed by atoms with E-state index in [9.17, 15) is 9.59 Å². The molecule has 0 saturated heterocycles. The maximum absolute atomic E-state index is 11.0. The van der Waals surface area contributed by atoms with Crippen LogP contribution in [-0.4, -0.2) is 42.4 Å². The first-order valence-electron chi connectivity index (χ1n) is 4.34. The summed E-state index contributed by atoms with van der Waals surface area (Å²) in [5.74, 6) is -2.18. The Labute approximate surface area is 98.1 Å². The highest BCUT2D eigenvalue weighted by molar-refractivity contribution is 7.16. The number of tetrazole rings is 1. The molecule has 0 aliphatic heterocycles. The van der Waals surface area contributed by atoms with Crippen LogP contribution >= 0.6 is 11.3 Å². The first-order valence-corrected chi connectivity index (χ1v) is 5.15. The maximum atomic E-state index is 11.0. The minimum atomic E-state index is -1.21. The molecule has 17 heavy (non-hydrogen) atoms. The third-order valence-electron chi connectivity index (χ3n) is 2.00. The van der Waals surface area contributed by atoms with E-state index in [2.05, 4.69) is 15.5 Å². The van der Waals surface area contributed by atoms with Crippen molar-refractivity contribution < 1.29 is 19.8 Å². The summed E-state index contributed by atoms with van der Waals surface area (Å²) in [6, 6.07) is 1.25. The molecule has 2 rings (SSSR count). The van der Waals surface area contributed by atoms with Crippen LogP contribution in [0, 0.1) is 0 Å². The molecule has 0 spiro atoms. The first-order chi connectivity index (χ1) is 8.00. The van der Waals surface area contributed by atoms with E-state index in [0.717, 1.165) is 0 Å². The van der Waals surface area contributed by atoms with Crippen molar-refractivity contribution in [3.05, 3.63) is 15.8 Å². The van der Waals surface area contributed by atoms with Crippen molar-refractivity contribution >= 4 is 23.3 Å². The summed E-state index contributed by atoms with van der Waals surface area (Å²) in [5.41, 5.74) is 0.201. The van der Waals surface area contributed by atoms with Gasteiger partial charge in [0.05, 0.1) is 0 Å². The van der Waals surface area contributed by atoms with Crippen molar-refractivity contribution in [2.75, 3.05) is 0 Å². The highest BCUT2D eigenvalue weighted by Gasteiger charge is 2.22. The second-order valence-corrected chi connectivity index (χ2v) is 4.14. The summed E-state index contributed by atoms with van der Waals surface area (Å²) in [4.78, 5) is 21.6. The van der Waals surface area contributed by atoms with Gasteiger partial charge in [0.25, 0.3) is 0 Å². The molecule has 0 unspecified atom stereocenters. The van der Waals surface area contributed by atoms with Crippen LogP contribution in [0.3, 0.4) is 0 Å². The number of carboxylic acid groups (broad SMARTS) is 2. The first kappa shape index (κ1) is 11.2. The minimum absolute atomic E-state index is 0.0691. The number of aryl methyl sites for hydroxylation is 1. The molecule has 0 atom stereocenters. The van der Waals surface area contributed by atoms with Gasteiger partial charge in [0.15, 0.2) is 5.82 Å². The molecular formula is C8H6N4O4S. The van der Waals surface area contributed by atoms with Gasteiger partial charge >= 0.3 is 11.9 Å². The molecule has 0 aliphatic rings. The van der Waals surface area contributed by atoms with Gasteiger partial charge < -0.3 is 10.2 Å². The third kappa shape index (κ3) is 1.87. The Morgan fingerprint density at radius 3 is 2.53 bits per heavy atom. The molecule has 0 aromatic carbocycles. The number of aromatic carboxylic acids is 2. The van der Waals surface area contributed by atoms with Crippen LogP contribution in [0.25, 0.3) is 11.4 Å². The Hall–Kier alpha value is -2.29. The number of rotatable bonds is 3. The van der Waals surface area contributed by atoms with E-state index in [1.54, 1.807) is 7.05 Å². The predicted molar refractivity (Wildman–Crippen MR) is 56.0 cm³/mol. The number of carboxylic acids is 2. The van der Waals surface area contributed by atoms with Gasteiger partial charge in [-0.05, 0) is 16.5 Å². The standard InChI is InChI=1S/C8H6N4O4S/c1-12-6(9-10-11-12)3-2-4(7(13)14)17-5(3)8(15)16/h2H,1H3,(H,13,14)(H,15,16). The molecular weight excluding hydrogens is 248 g/mol. The Morgan fingerprint density at radius 2 is 2.06 bits per heavy atom. The van der Waals surface area contributed by atoms with Gasteiger partial charge in [-0.3, -0.25) is 0 Å². The lowest BCUT2D eigenvalue weighted by Gasteiger charge is -1.96. The summed E-state index contributed by atoms with van der Waals surface area (Å²) < 4.78 is 1.28. The van der Waals surface area contributed by atoms with Gasteiger partial charge in [0, 0.05) is 12.6 Å². The van der Waals surface area contributed by atoms with Crippen molar-refractivity contribution in [2.45, 2.75) is 0 Å². The second kappa shape index (κ2) is 3.94. The number of hydrogen-bond donors (Lipinski definition) is 2. The fourth-order valence-electron chi connectivity index (χ4n) is 1.28. The molecule has 2 heterocycles. The summed E-state index contributed by atoms with van der Waals surface area (Å²) in [6.07, 6.45) is 0. The Morgan fingerprint density at radius 1 is 1.35 bits per heavy atom. The smallest absolute Gasteiger partial charge is 0.346 e. The van der Waals surface area contributed by atoms with Crippen LogP contribution in [0.2, 0.25) is 0 Å². The summed E-state index contributed by atoms with van der Waals surface area (Å²) >= 11 is 0.675. The van der Waals surface area contributed by atoms with Gasteiger partial charge in [0.2, 0.25) is 0 Å². The van der Waals surface area contributed by atoms with E-state index in [-0.39, 0.29) is 21.1 Å². The molecule has 0 fully saturated rings. The molecule has 0 radical (unpaired) electrons. The molecule has 9 heteroatoms. The lowest BCUT2D eigenvalue weighted by molar-refractivity contribution is 0.0693. The number of nitrogens with zero attached hydrogens (tertiary/aromatic N) is 4.